The molecule has 3 rings (SSSR count). The van der Waals surface area contributed by atoms with Gasteiger partial charge in [0.05, 0.1) is 6.04 Å². The van der Waals surface area contributed by atoms with Crippen LogP contribution >= 0.6 is 0 Å². The van der Waals surface area contributed by atoms with Gasteiger partial charge in [0, 0.05) is 6.54 Å². The molecule has 1 atom stereocenters. The standard InChI is InChI=1S/C20H24N2O2/c23-20(24-16-17-9-3-1-4-10-17)21-15-19(22-13-7-8-14-22)18-11-5-2-6-12-18/h1-6,9-12,19H,7-8,13-16H2,(H,21,23). The average Bonchev–Trinajstić information content (AvgIpc) is 3.16. The highest BCUT2D eigenvalue weighted by Gasteiger charge is 2.23. The molecular formula is C20H24N2O2. The van der Waals surface area contributed by atoms with E-state index in [1.165, 1.54) is 18.4 Å². The Balaban J connectivity index is 1.54. The molecule has 126 valence electrons. The van der Waals surface area contributed by atoms with Crippen LogP contribution in [0.3, 0.4) is 0 Å². The molecule has 4 nitrogen and oxygen atoms in total. The second-order valence-electron chi connectivity index (χ2n) is 6.11. The number of nitrogens with zero attached hydrogens (tertiary/aromatic N) is 1. The minimum Gasteiger partial charge on any atom is -0.445 e. The van der Waals surface area contributed by atoms with Crippen molar-refractivity contribution < 1.29 is 9.53 Å². The lowest BCUT2D eigenvalue weighted by Crippen LogP contribution is -2.37. The van der Waals surface area contributed by atoms with E-state index in [2.05, 4.69) is 22.3 Å². The number of rotatable bonds is 6. The number of amides is 1. The lowest BCUT2D eigenvalue weighted by atomic mass is 10.1. The molecule has 1 saturated heterocycles. The van der Waals surface area contributed by atoms with Gasteiger partial charge in [0.2, 0.25) is 0 Å². The number of benzene rings is 2. The second kappa shape index (κ2) is 8.50. The number of alkyl carbamates (subject to hydrolysis) is 1. The van der Waals surface area contributed by atoms with Gasteiger partial charge < -0.3 is 10.1 Å². The minimum atomic E-state index is -0.362. The molecule has 1 heterocycles. The van der Waals surface area contributed by atoms with Gasteiger partial charge in [-0.2, -0.15) is 0 Å². The van der Waals surface area contributed by atoms with Crippen molar-refractivity contribution in [1.29, 1.82) is 0 Å². The highest BCUT2D eigenvalue weighted by atomic mass is 16.5. The number of ether oxygens (including phenoxy) is 1. The van der Waals surface area contributed by atoms with E-state index in [1.54, 1.807) is 0 Å². The van der Waals surface area contributed by atoms with Crippen molar-refractivity contribution in [2.24, 2.45) is 0 Å². The number of nitrogens with one attached hydrogen (secondary N) is 1. The maximum atomic E-state index is 12.0. The minimum absolute atomic E-state index is 0.206. The van der Waals surface area contributed by atoms with Gasteiger partial charge in [0.15, 0.2) is 0 Å². The normalized spacial score (nSPS) is 15.8. The maximum absolute atomic E-state index is 12.0. The third kappa shape index (κ3) is 4.59. The molecule has 2 aromatic rings. The molecule has 24 heavy (non-hydrogen) atoms. The summed E-state index contributed by atoms with van der Waals surface area (Å²) in [4.78, 5) is 14.5. The molecule has 1 fully saturated rings. The van der Waals surface area contributed by atoms with E-state index in [-0.39, 0.29) is 12.1 Å². The van der Waals surface area contributed by atoms with Crippen LogP contribution in [0.1, 0.15) is 30.0 Å². The van der Waals surface area contributed by atoms with Crippen molar-refractivity contribution in [2.45, 2.75) is 25.5 Å². The first-order chi connectivity index (χ1) is 11.8. The quantitative estimate of drug-likeness (QED) is 0.880. The van der Waals surface area contributed by atoms with Crippen molar-refractivity contribution in [3.8, 4) is 0 Å². The second-order valence-corrected chi connectivity index (χ2v) is 6.11. The van der Waals surface area contributed by atoms with E-state index in [0.29, 0.717) is 13.2 Å². The monoisotopic (exact) mass is 324 g/mol. The molecule has 0 radical (unpaired) electrons. The van der Waals surface area contributed by atoms with E-state index in [1.807, 2.05) is 48.5 Å². The number of hydrogen-bond donors (Lipinski definition) is 1. The van der Waals surface area contributed by atoms with Crippen LogP contribution in [-0.4, -0.2) is 30.6 Å². The largest absolute Gasteiger partial charge is 0.445 e. The molecule has 1 amide bonds. The fourth-order valence-electron chi connectivity index (χ4n) is 3.14. The summed E-state index contributed by atoms with van der Waals surface area (Å²) in [6.45, 7) is 3.03. The molecule has 1 aliphatic rings. The van der Waals surface area contributed by atoms with Crippen molar-refractivity contribution in [2.75, 3.05) is 19.6 Å². The molecule has 0 aromatic heterocycles. The van der Waals surface area contributed by atoms with Gasteiger partial charge >= 0.3 is 6.09 Å². The number of carbonyl (C=O) groups excluding carboxylic acids is 1. The lowest BCUT2D eigenvalue weighted by molar-refractivity contribution is 0.134. The highest BCUT2D eigenvalue weighted by Crippen LogP contribution is 2.24. The molecule has 0 aliphatic carbocycles. The Hall–Kier alpha value is -2.33. The zero-order valence-electron chi connectivity index (χ0n) is 13.9. The van der Waals surface area contributed by atoms with Gasteiger partial charge in [-0.05, 0) is 37.1 Å². The number of hydrogen-bond acceptors (Lipinski definition) is 3. The Kier molecular flexibility index (Phi) is 5.85. The van der Waals surface area contributed by atoms with Crippen LogP contribution in [0.4, 0.5) is 4.79 Å². The Bertz CT molecular complexity index is 625. The van der Waals surface area contributed by atoms with E-state index in [4.69, 9.17) is 4.74 Å². The SMILES string of the molecule is O=C(NCC(c1ccccc1)N1CCCC1)OCc1ccccc1. The molecule has 2 aromatic carbocycles. The molecule has 4 heteroatoms. The van der Waals surface area contributed by atoms with E-state index < -0.39 is 0 Å². The Morgan fingerprint density at radius 1 is 1.00 bits per heavy atom. The summed E-state index contributed by atoms with van der Waals surface area (Å²) in [5.41, 5.74) is 2.23. The predicted molar refractivity (Wildman–Crippen MR) is 94.6 cm³/mol. The lowest BCUT2D eigenvalue weighted by Gasteiger charge is -2.28. The van der Waals surface area contributed by atoms with Crippen LogP contribution in [0.15, 0.2) is 60.7 Å². The van der Waals surface area contributed by atoms with Crippen LogP contribution in [0.5, 0.6) is 0 Å². The van der Waals surface area contributed by atoms with E-state index in [9.17, 15) is 4.79 Å². The Morgan fingerprint density at radius 3 is 2.29 bits per heavy atom. The third-order valence-electron chi connectivity index (χ3n) is 4.42. The average molecular weight is 324 g/mol. The van der Waals surface area contributed by atoms with Crippen molar-refractivity contribution >= 4 is 6.09 Å². The van der Waals surface area contributed by atoms with Crippen LogP contribution < -0.4 is 5.32 Å². The summed E-state index contributed by atoms with van der Waals surface area (Å²) >= 11 is 0. The number of likely N-dealkylation sites (tertiary alicyclic amines) is 1. The summed E-state index contributed by atoms with van der Waals surface area (Å²) in [7, 11) is 0. The highest BCUT2D eigenvalue weighted by molar-refractivity contribution is 5.67. The molecule has 0 bridgehead atoms. The summed E-state index contributed by atoms with van der Waals surface area (Å²) < 4.78 is 5.31. The summed E-state index contributed by atoms with van der Waals surface area (Å²) in [5, 5.41) is 2.93. The van der Waals surface area contributed by atoms with Crippen LogP contribution in [-0.2, 0) is 11.3 Å². The zero-order valence-corrected chi connectivity index (χ0v) is 13.9. The Morgan fingerprint density at radius 2 is 1.62 bits per heavy atom. The molecule has 1 unspecified atom stereocenters. The summed E-state index contributed by atoms with van der Waals surface area (Å²) in [6.07, 6.45) is 2.09. The van der Waals surface area contributed by atoms with Gasteiger partial charge in [0.25, 0.3) is 0 Å². The van der Waals surface area contributed by atoms with E-state index >= 15 is 0 Å². The number of carbonyl (C=O) groups is 1. The van der Waals surface area contributed by atoms with Crippen LogP contribution in [0.25, 0.3) is 0 Å². The van der Waals surface area contributed by atoms with Crippen molar-refractivity contribution in [3.05, 3.63) is 71.8 Å². The van der Waals surface area contributed by atoms with Gasteiger partial charge in [-0.3, -0.25) is 4.90 Å². The molecule has 0 saturated carbocycles. The van der Waals surface area contributed by atoms with Crippen LogP contribution in [0, 0.1) is 0 Å². The van der Waals surface area contributed by atoms with Gasteiger partial charge in [-0.15, -0.1) is 0 Å². The van der Waals surface area contributed by atoms with Crippen molar-refractivity contribution in [1.82, 2.24) is 10.2 Å². The van der Waals surface area contributed by atoms with E-state index in [0.717, 1.165) is 18.7 Å². The van der Waals surface area contributed by atoms with Crippen molar-refractivity contribution in [3.63, 3.8) is 0 Å². The predicted octanol–water partition coefficient (Wildman–Crippen LogP) is 3.75. The molecular weight excluding hydrogens is 300 g/mol. The van der Waals surface area contributed by atoms with Gasteiger partial charge in [-0.25, -0.2) is 4.79 Å². The zero-order chi connectivity index (χ0) is 16.6. The third-order valence-corrected chi connectivity index (χ3v) is 4.42. The Labute approximate surface area is 143 Å². The first-order valence-corrected chi connectivity index (χ1v) is 8.56. The fourth-order valence-corrected chi connectivity index (χ4v) is 3.14. The fraction of sp³-hybridized carbons (Fsp3) is 0.350. The van der Waals surface area contributed by atoms with Crippen LogP contribution in [0.2, 0.25) is 0 Å². The first-order valence-electron chi connectivity index (χ1n) is 8.56. The molecule has 1 aliphatic heterocycles. The molecule has 0 spiro atoms. The van der Waals surface area contributed by atoms with Gasteiger partial charge in [0.1, 0.15) is 6.61 Å². The topological polar surface area (TPSA) is 41.6 Å². The smallest absolute Gasteiger partial charge is 0.407 e. The maximum Gasteiger partial charge on any atom is 0.407 e. The first kappa shape index (κ1) is 16.5. The molecule has 1 N–H and O–H groups in total. The van der Waals surface area contributed by atoms with Gasteiger partial charge in [-0.1, -0.05) is 60.7 Å². The summed E-state index contributed by atoms with van der Waals surface area (Å²) in [6, 6.07) is 20.3. The summed E-state index contributed by atoms with van der Waals surface area (Å²) in [5.74, 6) is 0.